The summed E-state index contributed by atoms with van der Waals surface area (Å²) in [7, 11) is 0. The molecule has 1 saturated heterocycles. The molecule has 2 aromatic carbocycles. The molecule has 6 nitrogen and oxygen atoms in total. The van der Waals surface area contributed by atoms with Crippen molar-refractivity contribution in [2.75, 3.05) is 44.6 Å². The van der Waals surface area contributed by atoms with E-state index in [4.69, 9.17) is 23.2 Å². The van der Waals surface area contributed by atoms with E-state index in [-0.39, 0.29) is 30.7 Å². The molecule has 0 aromatic heterocycles. The maximum absolute atomic E-state index is 14.0. The van der Waals surface area contributed by atoms with Crippen LogP contribution in [0.15, 0.2) is 36.4 Å². The highest BCUT2D eigenvalue weighted by Gasteiger charge is 2.21. The number of nitrogens with zero attached hydrogens (tertiary/aromatic N) is 2. The molecule has 0 atom stereocenters. The number of hydrogen-bond acceptors (Lipinski definition) is 4. The second-order valence-electron chi connectivity index (χ2n) is 7.49. The summed E-state index contributed by atoms with van der Waals surface area (Å²) in [5.41, 5.74) is 1.90. The molecule has 2 amide bonds. The molecule has 1 fully saturated rings. The van der Waals surface area contributed by atoms with E-state index in [1.54, 1.807) is 30.3 Å². The Kier molecular flexibility index (Phi) is 8.26. The van der Waals surface area contributed by atoms with E-state index in [1.165, 1.54) is 6.07 Å². The van der Waals surface area contributed by atoms with Crippen LogP contribution < -0.4 is 10.6 Å². The molecule has 0 unspecified atom stereocenters. The van der Waals surface area contributed by atoms with Crippen molar-refractivity contribution in [1.82, 2.24) is 15.1 Å². The monoisotopic (exact) mass is 466 g/mol. The van der Waals surface area contributed by atoms with Gasteiger partial charge in [-0.05, 0) is 36.8 Å². The highest BCUT2D eigenvalue weighted by molar-refractivity contribution is 6.32. The van der Waals surface area contributed by atoms with E-state index in [2.05, 4.69) is 15.5 Å². The fraction of sp³-hybridized carbons (Fsp3) is 0.364. The van der Waals surface area contributed by atoms with Crippen LogP contribution in [-0.2, 0) is 16.1 Å². The van der Waals surface area contributed by atoms with Crippen LogP contribution in [0.4, 0.5) is 10.1 Å². The summed E-state index contributed by atoms with van der Waals surface area (Å²) in [6.07, 6.45) is 0. The Bertz CT molecular complexity index is 929. The molecule has 2 aromatic rings. The van der Waals surface area contributed by atoms with Crippen molar-refractivity contribution < 1.29 is 14.0 Å². The highest BCUT2D eigenvalue weighted by Crippen LogP contribution is 2.23. The van der Waals surface area contributed by atoms with Crippen molar-refractivity contribution >= 4 is 40.7 Å². The average molecular weight is 467 g/mol. The van der Waals surface area contributed by atoms with E-state index in [1.807, 2.05) is 11.8 Å². The molecular formula is C22H25Cl2FN4O2. The van der Waals surface area contributed by atoms with Gasteiger partial charge >= 0.3 is 0 Å². The van der Waals surface area contributed by atoms with Gasteiger partial charge in [-0.3, -0.25) is 19.4 Å². The Balaban J connectivity index is 1.39. The first-order valence-corrected chi connectivity index (χ1v) is 10.8. The molecule has 1 aliphatic rings. The van der Waals surface area contributed by atoms with Crippen molar-refractivity contribution in [1.29, 1.82) is 0 Å². The van der Waals surface area contributed by atoms with Crippen molar-refractivity contribution in [3.05, 3.63) is 63.4 Å². The maximum Gasteiger partial charge on any atom is 0.243 e. The molecule has 31 heavy (non-hydrogen) atoms. The molecule has 0 bridgehead atoms. The van der Waals surface area contributed by atoms with Gasteiger partial charge in [0.05, 0.1) is 13.1 Å². The van der Waals surface area contributed by atoms with Crippen LogP contribution in [0.5, 0.6) is 0 Å². The minimum Gasteiger partial charge on any atom is -0.346 e. The fourth-order valence-corrected chi connectivity index (χ4v) is 3.78. The van der Waals surface area contributed by atoms with Gasteiger partial charge in [0.15, 0.2) is 0 Å². The molecule has 9 heteroatoms. The summed E-state index contributed by atoms with van der Waals surface area (Å²) in [5.74, 6) is -0.839. The zero-order valence-electron chi connectivity index (χ0n) is 17.3. The third-order valence-corrected chi connectivity index (χ3v) is 6.03. The van der Waals surface area contributed by atoms with Gasteiger partial charge in [-0.2, -0.15) is 0 Å². The standard InChI is InChI=1S/C22H25Cl2FN4O2/c1-15-17(23)4-3-7-20(15)27-21(30)12-26-22(31)14-29-10-8-28(9-11-29)13-16-18(24)5-2-6-19(16)25/h2-7H,8-14H2,1H3,(H,26,31)(H,27,30). The average Bonchev–Trinajstić information content (AvgIpc) is 2.74. The number of rotatable bonds is 7. The first kappa shape index (κ1) is 23.5. The molecule has 2 N–H and O–H groups in total. The van der Waals surface area contributed by atoms with Crippen LogP contribution in [0.1, 0.15) is 11.1 Å². The van der Waals surface area contributed by atoms with Crippen molar-refractivity contribution in [3.63, 3.8) is 0 Å². The van der Waals surface area contributed by atoms with Gasteiger partial charge in [0.1, 0.15) is 5.82 Å². The lowest BCUT2D eigenvalue weighted by atomic mass is 10.2. The lowest BCUT2D eigenvalue weighted by molar-refractivity contribution is -0.125. The Morgan fingerprint density at radius 2 is 1.61 bits per heavy atom. The Morgan fingerprint density at radius 3 is 2.32 bits per heavy atom. The quantitative estimate of drug-likeness (QED) is 0.656. The molecule has 166 valence electrons. The van der Waals surface area contributed by atoms with Crippen molar-refractivity contribution in [2.24, 2.45) is 0 Å². The molecule has 1 heterocycles. The van der Waals surface area contributed by atoms with Crippen LogP contribution in [-0.4, -0.2) is 60.9 Å². The van der Waals surface area contributed by atoms with E-state index in [9.17, 15) is 14.0 Å². The SMILES string of the molecule is Cc1c(Cl)cccc1NC(=O)CNC(=O)CN1CCN(Cc2c(F)cccc2Cl)CC1. The number of carbonyl (C=O) groups excluding carboxylic acids is 2. The van der Waals surface area contributed by atoms with Crippen LogP contribution in [0.25, 0.3) is 0 Å². The maximum atomic E-state index is 14.0. The number of carbonyl (C=O) groups is 2. The number of piperazine rings is 1. The van der Waals surface area contributed by atoms with Crippen molar-refractivity contribution in [2.45, 2.75) is 13.5 Å². The zero-order valence-corrected chi connectivity index (χ0v) is 18.8. The second-order valence-corrected chi connectivity index (χ2v) is 8.30. The van der Waals surface area contributed by atoms with Gasteiger partial charge in [-0.25, -0.2) is 4.39 Å². The van der Waals surface area contributed by atoms with E-state index in [0.717, 1.165) is 5.56 Å². The van der Waals surface area contributed by atoms with Crippen LogP contribution >= 0.6 is 23.2 Å². The van der Waals surface area contributed by atoms with Gasteiger partial charge in [-0.15, -0.1) is 0 Å². The van der Waals surface area contributed by atoms with Crippen LogP contribution in [0.2, 0.25) is 10.0 Å². The van der Waals surface area contributed by atoms with Crippen LogP contribution in [0.3, 0.4) is 0 Å². The number of nitrogens with one attached hydrogen (secondary N) is 2. The summed E-state index contributed by atoms with van der Waals surface area (Å²) < 4.78 is 14.0. The fourth-order valence-electron chi connectivity index (χ4n) is 3.39. The molecule has 1 aliphatic heterocycles. The number of anilines is 1. The minimum atomic E-state index is -0.315. The Labute approximate surface area is 191 Å². The predicted molar refractivity (Wildman–Crippen MR) is 121 cm³/mol. The lowest BCUT2D eigenvalue weighted by Crippen LogP contribution is -2.49. The third kappa shape index (κ3) is 6.64. The second kappa shape index (κ2) is 10.9. The topological polar surface area (TPSA) is 64.7 Å². The molecule has 0 aliphatic carbocycles. The van der Waals surface area contributed by atoms with Gasteiger partial charge in [-0.1, -0.05) is 35.3 Å². The van der Waals surface area contributed by atoms with E-state index >= 15 is 0 Å². The zero-order chi connectivity index (χ0) is 22.4. The lowest BCUT2D eigenvalue weighted by Gasteiger charge is -2.34. The molecular weight excluding hydrogens is 442 g/mol. The number of halogens is 3. The first-order valence-electron chi connectivity index (χ1n) is 10.0. The van der Waals surface area contributed by atoms with Gasteiger partial charge in [0.25, 0.3) is 0 Å². The molecule has 0 spiro atoms. The third-order valence-electron chi connectivity index (χ3n) is 5.26. The first-order chi connectivity index (χ1) is 14.8. The summed E-state index contributed by atoms with van der Waals surface area (Å²) in [5, 5.41) is 6.38. The summed E-state index contributed by atoms with van der Waals surface area (Å²) in [6.45, 7) is 5.10. The Hall–Kier alpha value is -2.19. The predicted octanol–water partition coefficient (Wildman–Crippen LogP) is 3.31. The van der Waals surface area contributed by atoms with Gasteiger partial charge in [0, 0.05) is 54.0 Å². The largest absolute Gasteiger partial charge is 0.346 e. The highest BCUT2D eigenvalue weighted by atomic mass is 35.5. The van der Waals surface area contributed by atoms with E-state index in [0.29, 0.717) is 54.0 Å². The number of amides is 2. The smallest absolute Gasteiger partial charge is 0.243 e. The molecule has 3 rings (SSSR count). The van der Waals surface area contributed by atoms with Crippen LogP contribution in [0, 0.1) is 12.7 Å². The summed E-state index contributed by atoms with van der Waals surface area (Å²) in [4.78, 5) is 28.4. The molecule has 0 saturated carbocycles. The normalized spacial score (nSPS) is 15.0. The minimum absolute atomic E-state index is 0.115. The van der Waals surface area contributed by atoms with Gasteiger partial charge < -0.3 is 10.6 Å². The van der Waals surface area contributed by atoms with E-state index < -0.39 is 0 Å². The van der Waals surface area contributed by atoms with Crippen molar-refractivity contribution in [3.8, 4) is 0 Å². The summed E-state index contributed by atoms with van der Waals surface area (Å²) in [6, 6.07) is 9.95. The molecule has 0 radical (unpaired) electrons. The number of hydrogen-bond donors (Lipinski definition) is 2. The summed E-state index contributed by atoms with van der Waals surface area (Å²) >= 11 is 12.2. The Morgan fingerprint density at radius 1 is 0.968 bits per heavy atom. The number of benzene rings is 2. The van der Waals surface area contributed by atoms with Gasteiger partial charge in [0.2, 0.25) is 11.8 Å².